The number of nitrogens with two attached hydrogens (primary N) is 1. The van der Waals surface area contributed by atoms with Gasteiger partial charge in [0.05, 0.1) is 12.7 Å². The molecular weight excluding hydrogens is 316 g/mol. The highest BCUT2D eigenvalue weighted by Crippen LogP contribution is 2.30. The third kappa shape index (κ3) is 5.26. The zero-order chi connectivity index (χ0) is 17.5. The quantitative estimate of drug-likeness (QED) is 0.916. The molecule has 0 saturated carbocycles. The highest BCUT2D eigenvalue weighted by Gasteiger charge is 2.23. The van der Waals surface area contributed by atoms with E-state index in [2.05, 4.69) is 16.9 Å². The van der Waals surface area contributed by atoms with Crippen molar-refractivity contribution in [1.29, 1.82) is 0 Å². The number of nitrogens with zero attached hydrogens (tertiary/aromatic N) is 2. The van der Waals surface area contributed by atoms with E-state index in [9.17, 15) is 13.6 Å². The predicted molar refractivity (Wildman–Crippen MR) is 86.2 cm³/mol. The van der Waals surface area contributed by atoms with Crippen LogP contribution in [-0.2, 0) is 9.53 Å². The average Bonchev–Trinajstić information content (AvgIpc) is 3.19. The standard InChI is InChI=1S/C11H14F2N2.C6H9NO2/c1-15-6-2-3-10(15)8-4-5-9(11(12)13)14-7-8;7-6(8)4-5-2-1-3-9-5/h4-5,7,10-11H,2-3,6H2,1H3;1,3,5H,2,4H2,(H2,7,8). The summed E-state index contributed by atoms with van der Waals surface area (Å²) in [5, 5.41) is 0. The van der Waals surface area contributed by atoms with E-state index in [1.54, 1.807) is 18.5 Å². The van der Waals surface area contributed by atoms with Gasteiger partial charge in [-0.25, -0.2) is 8.78 Å². The number of primary amides is 1. The second kappa shape index (κ2) is 8.73. The molecule has 0 aromatic carbocycles. The van der Waals surface area contributed by atoms with Crippen LogP contribution in [0.3, 0.4) is 0 Å². The van der Waals surface area contributed by atoms with Gasteiger partial charge in [-0.05, 0) is 44.1 Å². The molecular formula is C17H23F2N3O2. The molecule has 2 N–H and O–H groups in total. The van der Waals surface area contributed by atoms with Crippen LogP contribution in [0.5, 0.6) is 0 Å². The van der Waals surface area contributed by atoms with Crippen LogP contribution in [0, 0.1) is 0 Å². The molecule has 1 aromatic rings. The molecule has 2 aliphatic heterocycles. The van der Waals surface area contributed by atoms with Crippen molar-refractivity contribution < 1.29 is 18.3 Å². The molecule has 2 atom stereocenters. The van der Waals surface area contributed by atoms with E-state index in [-0.39, 0.29) is 17.7 Å². The Labute approximate surface area is 140 Å². The molecule has 0 bridgehead atoms. The molecule has 5 nitrogen and oxygen atoms in total. The maximum absolute atomic E-state index is 12.3. The number of pyridine rings is 1. The third-order valence-electron chi connectivity index (χ3n) is 4.13. The summed E-state index contributed by atoms with van der Waals surface area (Å²) in [5.41, 5.74) is 5.83. The second-order valence-electron chi connectivity index (χ2n) is 5.99. The Morgan fingerprint density at radius 1 is 1.50 bits per heavy atom. The van der Waals surface area contributed by atoms with E-state index in [0.29, 0.717) is 12.5 Å². The van der Waals surface area contributed by atoms with Gasteiger partial charge in [-0.15, -0.1) is 0 Å². The van der Waals surface area contributed by atoms with Crippen molar-refractivity contribution >= 4 is 5.91 Å². The van der Waals surface area contributed by atoms with Gasteiger partial charge >= 0.3 is 0 Å². The minimum Gasteiger partial charge on any atom is -0.498 e. The Balaban J connectivity index is 0.000000198. The summed E-state index contributed by atoms with van der Waals surface area (Å²) >= 11 is 0. The first-order valence-corrected chi connectivity index (χ1v) is 8.00. The monoisotopic (exact) mass is 339 g/mol. The number of halogens is 2. The van der Waals surface area contributed by atoms with E-state index in [1.807, 2.05) is 6.08 Å². The van der Waals surface area contributed by atoms with Crippen LogP contribution >= 0.6 is 0 Å². The van der Waals surface area contributed by atoms with Crippen molar-refractivity contribution in [2.45, 2.75) is 44.3 Å². The molecule has 1 amide bonds. The number of hydrogen-bond donors (Lipinski definition) is 1. The summed E-state index contributed by atoms with van der Waals surface area (Å²) in [6.07, 6.45) is 5.98. The van der Waals surface area contributed by atoms with Crippen LogP contribution in [-0.4, -0.2) is 35.5 Å². The van der Waals surface area contributed by atoms with Gasteiger partial charge in [0.15, 0.2) is 0 Å². The number of hydrogen-bond acceptors (Lipinski definition) is 4. The van der Waals surface area contributed by atoms with Crippen molar-refractivity contribution in [3.8, 4) is 0 Å². The number of likely N-dealkylation sites (tertiary alicyclic amines) is 1. The number of carbonyl (C=O) groups is 1. The fourth-order valence-corrected chi connectivity index (χ4v) is 2.86. The van der Waals surface area contributed by atoms with Gasteiger partial charge in [-0.2, -0.15) is 0 Å². The number of ether oxygens (including phenoxy) is 1. The molecule has 2 aliphatic rings. The lowest BCUT2D eigenvalue weighted by Crippen LogP contribution is -2.18. The molecule has 3 heterocycles. The predicted octanol–water partition coefficient (Wildman–Crippen LogP) is 2.95. The van der Waals surface area contributed by atoms with Crippen LogP contribution in [0.4, 0.5) is 8.78 Å². The molecule has 7 heteroatoms. The van der Waals surface area contributed by atoms with Crippen molar-refractivity contribution in [2.24, 2.45) is 5.73 Å². The first-order valence-electron chi connectivity index (χ1n) is 8.00. The highest BCUT2D eigenvalue weighted by molar-refractivity contribution is 5.74. The van der Waals surface area contributed by atoms with E-state index >= 15 is 0 Å². The lowest BCUT2D eigenvalue weighted by Gasteiger charge is -2.19. The minimum absolute atomic E-state index is 0.00231. The lowest BCUT2D eigenvalue weighted by atomic mass is 10.1. The molecule has 0 radical (unpaired) electrons. The highest BCUT2D eigenvalue weighted by atomic mass is 19.3. The average molecular weight is 339 g/mol. The molecule has 24 heavy (non-hydrogen) atoms. The first-order chi connectivity index (χ1) is 11.5. The van der Waals surface area contributed by atoms with E-state index in [4.69, 9.17) is 10.5 Å². The summed E-state index contributed by atoms with van der Waals surface area (Å²) in [6, 6.07) is 3.54. The Kier molecular flexibility index (Phi) is 6.66. The summed E-state index contributed by atoms with van der Waals surface area (Å²) in [7, 11) is 2.05. The minimum atomic E-state index is -2.47. The van der Waals surface area contributed by atoms with Gasteiger partial charge in [0.1, 0.15) is 11.8 Å². The largest absolute Gasteiger partial charge is 0.498 e. The molecule has 2 unspecified atom stereocenters. The maximum Gasteiger partial charge on any atom is 0.280 e. The van der Waals surface area contributed by atoms with Crippen LogP contribution in [0.15, 0.2) is 30.7 Å². The van der Waals surface area contributed by atoms with Gasteiger partial charge in [0.25, 0.3) is 6.43 Å². The molecule has 0 spiro atoms. The van der Waals surface area contributed by atoms with Crippen LogP contribution in [0.2, 0.25) is 0 Å². The van der Waals surface area contributed by atoms with Crippen LogP contribution in [0.25, 0.3) is 0 Å². The SMILES string of the molecule is CN1CCCC1c1ccc(C(F)F)nc1.NC(=O)CC1CC=CO1. The number of amides is 1. The molecule has 132 valence electrons. The summed E-state index contributed by atoms with van der Waals surface area (Å²) in [5.74, 6) is -0.302. The van der Waals surface area contributed by atoms with Gasteiger partial charge in [-0.3, -0.25) is 14.7 Å². The Hall–Kier alpha value is -2.02. The molecule has 1 aromatic heterocycles. The summed E-state index contributed by atoms with van der Waals surface area (Å²) in [6.45, 7) is 1.07. The second-order valence-corrected chi connectivity index (χ2v) is 5.99. The maximum atomic E-state index is 12.3. The summed E-state index contributed by atoms with van der Waals surface area (Å²) in [4.78, 5) is 16.3. The topological polar surface area (TPSA) is 68.5 Å². The van der Waals surface area contributed by atoms with E-state index < -0.39 is 6.43 Å². The molecule has 3 rings (SSSR count). The van der Waals surface area contributed by atoms with Gasteiger partial charge in [0.2, 0.25) is 5.91 Å². The molecule has 1 saturated heterocycles. The molecule has 0 aliphatic carbocycles. The third-order valence-corrected chi connectivity index (χ3v) is 4.13. The molecule has 1 fully saturated rings. The zero-order valence-corrected chi connectivity index (χ0v) is 13.7. The lowest BCUT2D eigenvalue weighted by molar-refractivity contribution is -0.119. The van der Waals surface area contributed by atoms with Crippen molar-refractivity contribution in [1.82, 2.24) is 9.88 Å². The van der Waals surface area contributed by atoms with Crippen molar-refractivity contribution in [3.63, 3.8) is 0 Å². The smallest absolute Gasteiger partial charge is 0.280 e. The van der Waals surface area contributed by atoms with E-state index in [0.717, 1.165) is 31.4 Å². The first kappa shape index (κ1) is 18.3. The van der Waals surface area contributed by atoms with Gasteiger partial charge in [-0.1, -0.05) is 6.07 Å². The Morgan fingerprint density at radius 2 is 2.29 bits per heavy atom. The fourth-order valence-electron chi connectivity index (χ4n) is 2.86. The Bertz CT molecular complexity index is 555. The number of rotatable bonds is 4. The number of alkyl halides is 2. The normalized spacial score (nSPS) is 23.0. The van der Waals surface area contributed by atoms with Crippen molar-refractivity contribution in [2.75, 3.05) is 13.6 Å². The van der Waals surface area contributed by atoms with Gasteiger partial charge in [0, 0.05) is 18.7 Å². The van der Waals surface area contributed by atoms with Crippen molar-refractivity contribution in [3.05, 3.63) is 41.9 Å². The van der Waals surface area contributed by atoms with Crippen LogP contribution in [0.1, 0.15) is 49.4 Å². The number of aromatic nitrogens is 1. The fraction of sp³-hybridized carbons (Fsp3) is 0.529. The Morgan fingerprint density at radius 3 is 2.75 bits per heavy atom. The number of carbonyl (C=O) groups excluding carboxylic acids is 1. The summed E-state index contributed by atoms with van der Waals surface area (Å²) < 4.78 is 29.5. The zero-order valence-electron chi connectivity index (χ0n) is 13.7. The van der Waals surface area contributed by atoms with Gasteiger partial charge < -0.3 is 10.5 Å². The van der Waals surface area contributed by atoms with E-state index in [1.165, 1.54) is 6.07 Å². The van der Waals surface area contributed by atoms with Crippen LogP contribution < -0.4 is 5.73 Å².